The van der Waals surface area contributed by atoms with Crippen LogP contribution in [0.1, 0.15) is 5.56 Å². The summed E-state index contributed by atoms with van der Waals surface area (Å²) in [7, 11) is -2.96. The van der Waals surface area contributed by atoms with Gasteiger partial charge in [0.25, 0.3) is 10.1 Å². The lowest BCUT2D eigenvalue weighted by atomic mass is 9.99. The highest BCUT2D eigenvalue weighted by molar-refractivity contribution is 7.86. The lowest BCUT2D eigenvalue weighted by Crippen LogP contribution is -2.60. The third-order valence-electron chi connectivity index (χ3n) is 3.60. The summed E-state index contributed by atoms with van der Waals surface area (Å²) in [5.41, 5.74) is 0.876. The molecule has 1 aromatic rings. The minimum Gasteiger partial charge on any atom is -0.394 e. The standard InChI is InChI=1S/C14H20O8S/c1-8-3-5-9(6-4-8)23(18,19)22-13-12(17)11(16)10(7-15)21-14(13)20-2/h3-6,10-17H,7H2,1-2H3/t10-,11-,12+,13+,14-/m0/s1. The van der Waals surface area contributed by atoms with Gasteiger partial charge in [-0.2, -0.15) is 8.42 Å². The van der Waals surface area contributed by atoms with E-state index in [4.69, 9.17) is 18.8 Å². The van der Waals surface area contributed by atoms with E-state index in [0.717, 1.165) is 5.56 Å². The Morgan fingerprint density at radius 3 is 2.30 bits per heavy atom. The maximum absolute atomic E-state index is 12.3. The molecule has 1 heterocycles. The van der Waals surface area contributed by atoms with Crippen molar-refractivity contribution in [3.63, 3.8) is 0 Å². The third-order valence-corrected chi connectivity index (χ3v) is 4.93. The minimum absolute atomic E-state index is 0.0936. The largest absolute Gasteiger partial charge is 0.394 e. The van der Waals surface area contributed by atoms with Crippen LogP contribution < -0.4 is 0 Å². The lowest BCUT2D eigenvalue weighted by molar-refractivity contribution is -0.288. The second-order valence-corrected chi connectivity index (χ2v) is 6.84. The molecule has 9 heteroatoms. The number of benzene rings is 1. The van der Waals surface area contributed by atoms with Gasteiger partial charge in [-0.3, -0.25) is 4.18 Å². The smallest absolute Gasteiger partial charge is 0.297 e. The number of hydrogen-bond donors (Lipinski definition) is 3. The highest BCUT2D eigenvalue weighted by atomic mass is 32.2. The van der Waals surface area contributed by atoms with E-state index >= 15 is 0 Å². The van der Waals surface area contributed by atoms with Gasteiger partial charge in [-0.15, -0.1) is 0 Å². The molecule has 3 N–H and O–H groups in total. The first-order valence-corrected chi connectivity index (χ1v) is 8.36. The fraction of sp³-hybridized carbons (Fsp3) is 0.571. The van der Waals surface area contributed by atoms with Gasteiger partial charge in [-0.1, -0.05) is 17.7 Å². The van der Waals surface area contributed by atoms with E-state index in [1.807, 2.05) is 6.92 Å². The Balaban J connectivity index is 2.24. The number of rotatable bonds is 5. The molecule has 1 aromatic carbocycles. The van der Waals surface area contributed by atoms with Crippen LogP contribution in [0.5, 0.6) is 0 Å². The Bertz CT molecular complexity index is 612. The second-order valence-electron chi connectivity index (χ2n) is 5.27. The van der Waals surface area contributed by atoms with Crippen LogP contribution in [0.4, 0.5) is 0 Å². The highest BCUT2D eigenvalue weighted by Gasteiger charge is 2.47. The Labute approximate surface area is 134 Å². The summed E-state index contributed by atoms with van der Waals surface area (Å²) in [6.45, 7) is 1.25. The first-order valence-electron chi connectivity index (χ1n) is 6.95. The monoisotopic (exact) mass is 348 g/mol. The van der Waals surface area contributed by atoms with E-state index in [0.29, 0.717) is 0 Å². The summed E-state index contributed by atoms with van der Waals surface area (Å²) in [4.78, 5) is -0.0936. The fourth-order valence-corrected chi connectivity index (χ4v) is 3.33. The summed E-state index contributed by atoms with van der Waals surface area (Å²) in [5, 5.41) is 29.0. The molecule has 130 valence electrons. The first-order chi connectivity index (χ1) is 10.8. The van der Waals surface area contributed by atoms with Gasteiger partial charge in [-0.25, -0.2) is 0 Å². The van der Waals surface area contributed by atoms with Crippen LogP contribution in [0, 0.1) is 6.92 Å². The van der Waals surface area contributed by atoms with Gasteiger partial charge in [0, 0.05) is 7.11 Å². The molecule has 0 saturated carbocycles. The molecule has 23 heavy (non-hydrogen) atoms. The zero-order valence-electron chi connectivity index (χ0n) is 12.7. The summed E-state index contributed by atoms with van der Waals surface area (Å²) in [5.74, 6) is 0. The highest BCUT2D eigenvalue weighted by Crippen LogP contribution is 2.27. The number of ether oxygens (including phenoxy) is 2. The number of aliphatic hydroxyl groups excluding tert-OH is 3. The molecule has 0 spiro atoms. The Morgan fingerprint density at radius 2 is 1.78 bits per heavy atom. The Kier molecular flexibility index (Phi) is 5.74. The quantitative estimate of drug-likeness (QED) is 0.589. The summed E-state index contributed by atoms with van der Waals surface area (Å²) < 4.78 is 39.8. The van der Waals surface area contributed by atoms with Crippen LogP contribution in [-0.2, 0) is 23.8 Å². The molecule has 1 saturated heterocycles. The van der Waals surface area contributed by atoms with Crippen LogP contribution in [-0.4, -0.2) is 68.2 Å². The van der Waals surface area contributed by atoms with Gasteiger partial charge in [0.1, 0.15) is 18.3 Å². The van der Waals surface area contributed by atoms with E-state index in [1.165, 1.54) is 19.2 Å². The average molecular weight is 348 g/mol. The van der Waals surface area contributed by atoms with Gasteiger partial charge >= 0.3 is 0 Å². The van der Waals surface area contributed by atoms with Crippen molar-refractivity contribution in [2.75, 3.05) is 13.7 Å². The van der Waals surface area contributed by atoms with Crippen LogP contribution in [0.15, 0.2) is 29.2 Å². The molecule has 1 fully saturated rings. The van der Waals surface area contributed by atoms with Gasteiger partial charge in [-0.05, 0) is 19.1 Å². The molecule has 0 unspecified atom stereocenters. The summed E-state index contributed by atoms with van der Waals surface area (Å²) >= 11 is 0. The predicted octanol–water partition coefficient (Wildman–Crippen LogP) is -0.846. The lowest BCUT2D eigenvalue weighted by Gasteiger charge is -2.40. The van der Waals surface area contributed by atoms with E-state index in [2.05, 4.69) is 0 Å². The van der Waals surface area contributed by atoms with Gasteiger partial charge in [0.15, 0.2) is 12.4 Å². The first kappa shape index (κ1) is 18.3. The molecule has 0 aliphatic carbocycles. The predicted molar refractivity (Wildman–Crippen MR) is 78.0 cm³/mol. The van der Waals surface area contributed by atoms with E-state index < -0.39 is 47.4 Å². The summed E-state index contributed by atoms with van der Waals surface area (Å²) in [6, 6.07) is 5.95. The SMILES string of the molecule is CO[C@H]1O[C@@H](CO)[C@H](O)[C@@H](O)[C@H]1OS(=O)(=O)c1ccc(C)cc1. The molecule has 8 nitrogen and oxygen atoms in total. The van der Waals surface area contributed by atoms with Crippen molar-refractivity contribution in [1.82, 2.24) is 0 Å². The molecule has 0 bridgehead atoms. The Hall–Kier alpha value is -1.07. The molecule has 1 aliphatic rings. The molecular weight excluding hydrogens is 328 g/mol. The van der Waals surface area contributed by atoms with Gasteiger partial charge in [0.2, 0.25) is 0 Å². The molecule has 0 radical (unpaired) electrons. The fourth-order valence-electron chi connectivity index (χ4n) is 2.26. The number of aliphatic hydroxyl groups is 3. The van der Waals surface area contributed by atoms with Crippen molar-refractivity contribution in [1.29, 1.82) is 0 Å². The molecule has 2 rings (SSSR count). The normalized spacial score (nSPS) is 32.0. The maximum atomic E-state index is 12.3. The van der Waals surface area contributed by atoms with Crippen molar-refractivity contribution in [2.45, 2.75) is 42.5 Å². The van der Waals surface area contributed by atoms with Crippen molar-refractivity contribution in [2.24, 2.45) is 0 Å². The van der Waals surface area contributed by atoms with Crippen LogP contribution >= 0.6 is 0 Å². The summed E-state index contributed by atoms with van der Waals surface area (Å²) in [6.07, 6.45) is -6.94. The van der Waals surface area contributed by atoms with Crippen molar-refractivity contribution in [3.05, 3.63) is 29.8 Å². The van der Waals surface area contributed by atoms with Gasteiger partial charge < -0.3 is 24.8 Å². The Morgan fingerprint density at radius 1 is 1.17 bits per heavy atom. The van der Waals surface area contributed by atoms with E-state index in [9.17, 15) is 18.6 Å². The van der Waals surface area contributed by atoms with Crippen molar-refractivity contribution < 1.29 is 37.4 Å². The van der Waals surface area contributed by atoms with Crippen molar-refractivity contribution in [3.8, 4) is 0 Å². The molecule has 1 aliphatic heterocycles. The van der Waals surface area contributed by atoms with E-state index in [-0.39, 0.29) is 4.90 Å². The van der Waals surface area contributed by atoms with Gasteiger partial charge in [0.05, 0.1) is 11.5 Å². The third kappa shape index (κ3) is 3.89. The number of hydrogen-bond acceptors (Lipinski definition) is 8. The molecule has 5 atom stereocenters. The van der Waals surface area contributed by atoms with Crippen molar-refractivity contribution >= 4 is 10.1 Å². The zero-order chi connectivity index (χ0) is 17.2. The molecule has 0 amide bonds. The topological polar surface area (TPSA) is 123 Å². The van der Waals surface area contributed by atoms with Crippen LogP contribution in [0.3, 0.4) is 0 Å². The average Bonchev–Trinajstić information content (AvgIpc) is 2.52. The zero-order valence-corrected chi connectivity index (χ0v) is 13.5. The maximum Gasteiger partial charge on any atom is 0.297 e. The number of methoxy groups -OCH3 is 1. The number of aryl methyl sites for hydroxylation is 1. The minimum atomic E-state index is -4.19. The van der Waals surface area contributed by atoms with E-state index in [1.54, 1.807) is 12.1 Å². The second kappa shape index (κ2) is 7.22. The molecular formula is C14H20O8S. The molecule has 0 aromatic heterocycles. The van der Waals surface area contributed by atoms with Crippen LogP contribution in [0.25, 0.3) is 0 Å². The van der Waals surface area contributed by atoms with Crippen LogP contribution in [0.2, 0.25) is 0 Å².